The Bertz CT molecular complexity index is 1270. The average Bonchev–Trinajstić information content (AvgIpc) is 2.94. The van der Waals surface area contributed by atoms with Crippen molar-refractivity contribution in [1.29, 1.82) is 0 Å². The summed E-state index contributed by atoms with van der Waals surface area (Å²) in [7, 11) is 1.60. The van der Waals surface area contributed by atoms with Crippen LogP contribution in [0.4, 0.5) is 34.9 Å². The van der Waals surface area contributed by atoms with Gasteiger partial charge in [0.25, 0.3) is 0 Å². The molecule has 196 valence electrons. The van der Waals surface area contributed by atoms with Crippen LogP contribution in [0.3, 0.4) is 0 Å². The number of hydrogen-bond donors (Lipinski definition) is 4. The molecule has 0 bridgehead atoms. The number of carbonyl (C=O) groups is 1. The Hall–Kier alpha value is -4.66. The Morgan fingerprint density at radius 1 is 0.711 bits per heavy atom. The number of ether oxygens (including phenoxy) is 1. The smallest absolute Gasteiger partial charge is 0.246 e. The highest BCUT2D eigenvalue weighted by Gasteiger charge is 2.16. The van der Waals surface area contributed by atoms with Crippen molar-refractivity contribution < 1.29 is 9.53 Å². The first-order valence-electron chi connectivity index (χ1n) is 12.6. The molecule has 0 radical (unpaired) electrons. The van der Waals surface area contributed by atoms with Gasteiger partial charge in [0.1, 0.15) is 11.8 Å². The summed E-state index contributed by atoms with van der Waals surface area (Å²) < 4.78 is 5.17. The van der Waals surface area contributed by atoms with Gasteiger partial charge in [0.2, 0.25) is 23.8 Å². The zero-order chi connectivity index (χ0) is 26.9. The lowest BCUT2D eigenvalue weighted by Gasteiger charge is -2.16. The summed E-state index contributed by atoms with van der Waals surface area (Å²) in [5.41, 5.74) is 4.84. The zero-order valence-electron chi connectivity index (χ0n) is 22.1. The average molecular weight is 512 g/mol. The summed E-state index contributed by atoms with van der Waals surface area (Å²) in [6.45, 7) is 5.97. The Labute approximate surface area is 223 Å². The molecule has 1 unspecified atom stereocenters. The second kappa shape index (κ2) is 12.5. The predicted molar refractivity (Wildman–Crippen MR) is 153 cm³/mol. The van der Waals surface area contributed by atoms with Gasteiger partial charge in [-0.05, 0) is 79.4 Å². The number of aromatic nitrogens is 3. The molecule has 1 heterocycles. The maximum absolute atomic E-state index is 12.8. The second-order valence-corrected chi connectivity index (χ2v) is 8.74. The summed E-state index contributed by atoms with van der Waals surface area (Å²) >= 11 is 0. The quantitative estimate of drug-likeness (QED) is 0.196. The van der Waals surface area contributed by atoms with E-state index in [4.69, 9.17) is 4.74 Å². The molecule has 1 aromatic heterocycles. The van der Waals surface area contributed by atoms with Crippen molar-refractivity contribution in [3.63, 3.8) is 0 Å². The highest BCUT2D eigenvalue weighted by Crippen LogP contribution is 2.21. The Morgan fingerprint density at radius 3 is 1.61 bits per heavy atom. The molecule has 1 amide bonds. The van der Waals surface area contributed by atoms with Gasteiger partial charge < -0.3 is 26.0 Å². The maximum Gasteiger partial charge on any atom is 0.246 e. The molecule has 0 fully saturated rings. The predicted octanol–water partition coefficient (Wildman–Crippen LogP) is 5.93. The number of amides is 1. The third-order valence-electron chi connectivity index (χ3n) is 5.97. The molecule has 4 N–H and O–H groups in total. The molecule has 0 spiro atoms. The lowest BCUT2D eigenvalue weighted by molar-refractivity contribution is -0.116. The standard InChI is InChI=1S/C29H33N7O2/c1-5-20-7-11-23(12-8-20)32-28-34-27(35-29(36-28)33-24-13-9-21(6-2)10-14-24)30-19(3)26(37)31-22-15-17-25(38-4)18-16-22/h7-19H,5-6H2,1-4H3,(H,31,37)(H3,30,32,33,34,35,36). The molecular weight excluding hydrogens is 478 g/mol. The van der Waals surface area contributed by atoms with Gasteiger partial charge in [-0.25, -0.2) is 0 Å². The molecule has 38 heavy (non-hydrogen) atoms. The van der Waals surface area contributed by atoms with Gasteiger partial charge in [0.15, 0.2) is 0 Å². The number of carbonyl (C=O) groups excluding carboxylic acids is 1. The van der Waals surface area contributed by atoms with Crippen molar-refractivity contribution in [2.75, 3.05) is 28.4 Å². The monoisotopic (exact) mass is 511 g/mol. The topological polar surface area (TPSA) is 113 Å². The first-order valence-corrected chi connectivity index (χ1v) is 12.6. The van der Waals surface area contributed by atoms with E-state index in [2.05, 4.69) is 74.3 Å². The van der Waals surface area contributed by atoms with E-state index in [0.29, 0.717) is 23.3 Å². The van der Waals surface area contributed by atoms with Gasteiger partial charge in [0, 0.05) is 17.1 Å². The summed E-state index contributed by atoms with van der Waals surface area (Å²) in [5.74, 6) is 1.44. The summed E-state index contributed by atoms with van der Waals surface area (Å²) in [6, 6.07) is 22.7. The van der Waals surface area contributed by atoms with Crippen LogP contribution in [0.2, 0.25) is 0 Å². The molecule has 0 saturated heterocycles. The lowest BCUT2D eigenvalue weighted by Crippen LogP contribution is -2.32. The van der Waals surface area contributed by atoms with Gasteiger partial charge in [-0.1, -0.05) is 38.1 Å². The number of nitrogens with zero attached hydrogens (tertiary/aromatic N) is 3. The van der Waals surface area contributed by atoms with E-state index in [9.17, 15) is 4.79 Å². The number of methoxy groups -OCH3 is 1. The van der Waals surface area contributed by atoms with Crippen molar-refractivity contribution in [3.05, 3.63) is 83.9 Å². The number of nitrogens with one attached hydrogen (secondary N) is 4. The molecule has 4 rings (SSSR count). The highest BCUT2D eigenvalue weighted by atomic mass is 16.5. The normalized spacial score (nSPS) is 11.4. The maximum atomic E-state index is 12.8. The molecule has 4 aromatic rings. The lowest BCUT2D eigenvalue weighted by atomic mass is 10.1. The van der Waals surface area contributed by atoms with Crippen molar-refractivity contribution in [2.24, 2.45) is 0 Å². The van der Waals surface area contributed by atoms with Gasteiger partial charge in [-0.3, -0.25) is 4.79 Å². The summed E-state index contributed by atoms with van der Waals surface area (Å²) in [4.78, 5) is 26.4. The van der Waals surface area contributed by atoms with Gasteiger partial charge >= 0.3 is 0 Å². The molecule has 9 heteroatoms. The van der Waals surface area contributed by atoms with Gasteiger partial charge in [-0.2, -0.15) is 15.0 Å². The number of rotatable bonds is 11. The van der Waals surface area contributed by atoms with Crippen LogP contribution in [0.1, 0.15) is 31.9 Å². The van der Waals surface area contributed by atoms with E-state index >= 15 is 0 Å². The van der Waals surface area contributed by atoms with Crippen LogP contribution in [0.5, 0.6) is 5.75 Å². The fraction of sp³-hybridized carbons (Fsp3) is 0.241. The first kappa shape index (κ1) is 26.4. The Kier molecular flexibility index (Phi) is 8.71. The van der Waals surface area contributed by atoms with Crippen molar-refractivity contribution in [3.8, 4) is 5.75 Å². The van der Waals surface area contributed by atoms with E-state index in [1.807, 2.05) is 24.3 Å². The van der Waals surface area contributed by atoms with Crippen LogP contribution >= 0.6 is 0 Å². The minimum Gasteiger partial charge on any atom is -0.497 e. The third-order valence-corrected chi connectivity index (χ3v) is 5.97. The molecule has 3 aromatic carbocycles. The Balaban J connectivity index is 1.53. The van der Waals surface area contributed by atoms with E-state index in [-0.39, 0.29) is 11.9 Å². The third kappa shape index (κ3) is 7.19. The van der Waals surface area contributed by atoms with Crippen molar-refractivity contribution in [1.82, 2.24) is 15.0 Å². The molecule has 9 nitrogen and oxygen atoms in total. The summed E-state index contributed by atoms with van der Waals surface area (Å²) in [6.07, 6.45) is 1.92. The first-order chi connectivity index (χ1) is 18.4. The van der Waals surface area contributed by atoms with Crippen LogP contribution in [-0.2, 0) is 17.6 Å². The SMILES string of the molecule is CCc1ccc(Nc2nc(Nc3ccc(CC)cc3)nc(NC(C)C(=O)Nc3ccc(OC)cc3)n2)cc1. The van der Waals surface area contributed by atoms with Crippen molar-refractivity contribution >= 4 is 40.8 Å². The largest absolute Gasteiger partial charge is 0.497 e. The van der Waals surface area contributed by atoms with E-state index in [1.165, 1.54) is 11.1 Å². The van der Waals surface area contributed by atoms with Crippen molar-refractivity contribution in [2.45, 2.75) is 39.7 Å². The molecular formula is C29H33N7O2. The zero-order valence-corrected chi connectivity index (χ0v) is 22.1. The van der Waals surface area contributed by atoms with E-state index in [0.717, 1.165) is 24.2 Å². The number of aryl methyl sites for hydroxylation is 2. The van der Waals surface area contributed by atoms with Crippen LogP contribution in [-0.4, -0.2) is 34.0 Å². The molecule has 0 aliphatic rings. The van der Waals surface area contributed by atoms with Crippen LogP contribution in [0.15, 0.2) is 72.8 Å². The summed E-state index contributed by atoms with van der Waals surface area (Å²) in [5, 5.41) is 12.5. The van der Waals surface area contributed by atoms with Gasteiger partial charge in [-0.15, -0.1) is 0 Å². The number of benzene rings is 3. The minimum absolute atomic E-state index is 0.232. The van der Waals surface area contributed by atoms with Crippen LogP contribution in [0.25, 0.3) is 0 Å². The van der Waals surface area contributed by atoms with Crippen LogP contribution < -0.4 is 26.0 Å². The van der Waals surface area contributed by atoms with E-state index < -0.39 is 6.04 Å². The Morgan fingerprint density at radius 2 is 1.16 bits per heavy atom. The fourth-order valence-electron chi connectivity index (χ4n) is 3.64. The number of anilines is 6. The number of hydrogen-bond acceptors (Lipinski definition) is 8. The minimum atomic E-state index is -0.618. The fourth-order valence-corrected chi connectivity index (χ4v) is 3.64. The van der Waals surface area contributed by atoms with E-state index in [1.54, 1.807) is 38.3 Å². The highest BCUT2D eigenvalue weighted by molar-refractivity contribution is 5.96. The second-order valence-electron chi connectivity index (χ2n) is 8.74. The van der Waals surface area contributed by atoms with Gasteiger partial charge in [0.05, 0.1) is 7.11 Å². The molecule has 0 saturated carbocycles. The molecule has 1 atom stereocenters. The van der Waals surface area contributed by atoms with Crippen LogP contribution in [0, 0.1) is 0 Å². The molecule has 0 aliphatic carbocycles. The molecule has 0 aliphatic heterocycles.